The molecule has 0 nitrogen and oxygen atoms in total. The molecule has 0 amide bonds. The number of halogens is 3. The van der Waals surface area contributed by atoms with Gasteiger partial charge in [0.15, 0.2) is 0 Å². The highest BCUT2D eigenvalue weighted by molar-refractivity contribution is 7.99. The Kier molecular flexibility index (Phi) is 3.48. The average Bonchev–Trinajstić information content (AvgIpc) is 2.07. The molecule has 0 N–H and O–H groups in total. The Balaban J connectivity index is 3.09. The Morgan fingerprint density at radius 1 is 1.29 bits per heavy atom. The molecule has 0 saturated carbocycles. The summed E-state index contributed by atoms with van der Waals surface area (Å²) in [5.74, 6) is 0.778. The minimum Gasteiger partial charge on any atom is -0.166 e. The second kappa shape index (κ2) is 4.26. The van der Waals surface area contributed by atoms with Gasteiger partial charge in [-0.3, -0.25) is 0 Å². The van der Waals surface area contributed by atoms with E-state index in [4.69, 9.17) is 0 Å². The minimum atomic E-state index is -4.24. The van der Waals surface area contributed by atoms with Gasteiger partial charge < -0.3 is 0 Å². The van der Waals surface area contributed by atoms with Crippen LogP contribution in [0.4, 0.5) is 13.2 Å². The van der Waals surface area contributed by atoms with Gasteiger partial charge in [0.05, 0.1) is 5.56 Å². The Morgan fingerprint density at radius 3 is 2.43 bits per heavy atom. The Bertz CT molecular complexity index is 318. The third kappa shape index (κ3) is 2.67. The molecule has 0 aliphatic carbocycles. The van der Waals surface area contributed by atoms with Gasteiger partial charge in [0.25, 0.3) is 0 Å². The summed E-state index contributed by atoms with van der Waals surface area (Å²) in [6.07, 6.45) is -4.24. The fourth-order valence-corrected chi connectivity index (χ4v) is 1.86. The summed E-state index contributed by atoms with van der Waals surface area (Å²) in [4.78, 5) is 0.672. The molecule has 1 aromatic rings. The second-order valence-corrected chi connectivity index (χ2v) is 4.24. The Hall–Kier alpha value is -0.640. The van der Waals surface area contributed by atoms with E-state index >= 15 is 0 Å². The summed E-state index contributed by atoms with van der Waals surface area (Å²) in [7, 11) is 0. The highest BCUT2D eigenvalue weighted by Crippen LogP contribution is 2.34. The zero-order valence-electron chi connectivity index (χ0n) is 7.98. The molecule has 0 saturated heterocycles. The van der Waals surface area contributed by atoms with E-state index in [1.165, 1.54) is 30.8 Å². The lowest BCUT2D eigenvalue weighted by atomic mass is 10.1. The van der Waals surface area contributed by atoms with Crippen molar-refractivity contribution in [3.63, 3.8) is 0 Å². The van der Waals surface area contributed by atoms with Crippen molar-refractivity contribution in [1.82, 2.24) is 0 Å². The highest BCUT2D eigenvalue weighted by Gasteiger charge is 2.32. The van der Waals surface area contributed by atoms with Gasteiger partial charge in [-0.1, -0.05) is 13.0 Å². The number of alkyl halides is 3. The van der Waals surface area contributed by atoms with E-state index in [1.54, 1.807) is 6.07 Å². The van der Waals surface area contributed by atoms with E-state index in [-0.39, 0.29) is 5.56 Å². The number of benzene rings is 1. The summed E-state index contributed by atoms with van der Waals surface area (Å²) in [6, 6.07) is 4.45. The average molecular weight is 220 g/mol. The Morgan fingerprint density at radius 2 is 1.93 bits per heavy atom. The normalized spacial score (nSPS) is 11.8. The van der Waals surface area contributed by atoms with E-state index in [1.807, 2.05) is 6.92 Å². The van der Waals surface area contributed by atoms with Crippen molar-refractivity contribution in [2.45, 2.75) is 24.9 Å². The molecule has 0 fully saturated rings. The van der Waals surface area contributed by atoms with Crippen LogP contribution in [0.2, 0.25) is 0 Å². The maximum Gasteiger partial charge on any atom is 0.416 e. The molecule has 14 heavy (non-hydrogen) atoms. The summed E-state index contributed by atoms with van der Waals surface area (Å²) in [6.45, 7) is 3.39. The van der Waals surface area contributed by atoms with Gasteiger partial charge >= 0.3 is 6.18 Å². The summed E-state index contributed by atoms with van der Waals surface area (Å²) < 4.78 is 37.4. The topological polar surface area (TPSA) is 0 Å². The lowest BCUT2D eigenvalue weighted by Gasteiger charge is -2.11. The lowest BCUT2D eigenvalue weighted by Crippen LogP contribution is -2.07. The fourth-order valence-electron chi connectivity index (χ4n) is 1.16. The molecule has 0 aliphatic heterocycles. The summed E-state index contributed by atoms with van der Waals surface area (Å²) in [5, 5.41) is 0. The number of hydrogen-bond donors (Lipinski definition) is 0. The monoisotopic (exact) mass is 220 g/mol. The first-order valence-electron chi connectivity index (χ1n) is 4.25. The van der Waals surface area contributed by atoms with Gasteiger partial charge in [0, 0.05) is 4.90 Å². The van der Waals surface area contributed by atoms with Crippen molar-refractivity contribution in [3.8, 4) is 0 Å². The zero-order valence-corrected chi connectivity index (χ0v) is 8.80. The number of hydrogen-bond acceptors (Lipinski definition) is 1. The van der Waals surface area contributed by atoms with Crippen molar-refractivity contribution >= 4 is 11.8 Å². The molecule has 0 aromatic heterocycles. The molecule has 0 atom stereocenters. The fraction of sp³-hybridized carbons (Fsp3) is 0.400. The van der Waals surface area contributed by atoms with Crippen molar-refractivity contribution in [2.75, 3.05) is 5.75 Å². The van der Waals surface area contributed by atoms with Gasteiger partial charge in [-0.25, -0.2) is 0 Å². The quantitative estimate of drug-likeness (QED) is 0.675. The largest absolute Gasteiger partial charge is 0.416 e. The summed E-state index contributed by atoms with van der Waals surface area (Å²) >= 11 is 1.41. The number of thioether (sulfide) groups is 1. The third-order valence-electron chi connectivity index (χ3n) is 1.83. The molecule has 0 unspecified atom stereocenters. The van der Waals surface area contributed by atoms with Crippen LogP contribution < -0.4 is 0 Å². The van der Waals surface area contributed by atoms with E-state index in [2.05, 4.69) is 0 Å². The first-order chi connectivity index (χ1) is 6.45. The smallest absolute Gasteiger partial charge is 0.166 e. The van der Waals surface area contributed by atoms with Crippen LogP contribution in [0.25, 0.3) is 0 Å². The molecular weight excluding hydrogens is 209 g/mol. The molecule has 1 aromatic carbocycles. The molecule has 78 valence electrons. The highest BCUT2D eigenvalue weighted by atomic mass is 32.2. The van der Waals surface area contributed by atoms with Crippen LogP contribution >= 0.6 is 11.8 Å². The van der Waals surface area contributed by atoms with Crippen molar-refractivity contribution < 1.29 is 13.2 Å². The van der Waals surface area contributed by atoms with Crippen LogP contribution in [0.15, 0.2) is 23.1 Å². The second-order valence-electron chi connectivity index (χ2n) is 2.91. The van der Waals surface area contributed by atoms with Gasteiger partial charge in [-0.2, -0.15) is 13.2 Å². The van der Waals surface area contributed by atoms with Gasteiger partial charge in [-0.15, -0.1) is 11.8 Å². The number of aryl methyl sites for hydroxylation is 1. The van der Waals surface area contributed by atoms with E-state index < -0.39 is 11.7 Å². The van der Waals surface area contributed by atoms with E-state index in [0.29, 0.717) is 4.90 Å². The van der Waals surface area contributed by atoms with Gasteiger partial charge in [0.2, 0.25) is 0 Å². The summed E-state index contributed by atoms with van der Waals surface area (Å²) in [5.41, 5.74) is -0.256. The molecule has 0 heterocycles. The van der Waals surface area contributed by atoms with Gasteiger partial charge in [-0.05, 0) is 30.4 Å². The van der Waals surface area contributed by atoms with Crippen molar-refractivity contribution in [3.05, 3.63) is 29.3 Å². The predicted molar refractivity (Wildman–Crippen MR) is 52.6 cm³/mol. The van der Waals surface area contributed by atoms with Crippen molar-refractivity contribution in [1.29, 1.82) is 0 Å². The SMILES string of the molecule is CCSc1ccc(C)c(C(F)(F)F)c1. The zero-order chi connectivity index (χ0) is 10.8. The van der Waals surface area contributed by atoms with Crippen LogP contribution in [0.1, 0.15) is 18.1 Å². The van der Waals surface area contributed by atoms with Crippen LogP contribution in [0, 0.1) is 6.92 Å². The standard InChI is InChI=1S/C10H11F3S/c1-3-14-8-5-4-7(2)9(6-8)10(11,12)13/h4-6H,3H2,1-2H3. The molecular formula is C10H11F3S. The molecule has 0 aliphatic rings. The van der Waals surface area contributed by atoms with Crippen molar-refractivity contribution in [2.24, 2.45) is 0 Å². The molecule has 0 radical (unpaired) electrons. The lowest BCUT2D eigenvalue weighted by molar-refractivity contribution is -0.138. The van der Waals surface area contributed by atoms with Crippen LogP contribution in [-0.2, 0) is 6.18 Å². The number of rotatable bonds is 2. The first kappa shape index (κ1) is 11.4. The molecule has 1 rings (SSSR count). The van der Waals surface area contributed by atoms with Crippen LogP contribution in [-0.4, -0.2) is 5.75 Å². The third-order valence-corrected chi connectivity index (χ3v) is 2.70. The van der Waals surface area contributed by atoms with Crippen LogP contribution in [0.5, 0.6) is 0 Å². The van der Waals surface area contributed by atoms with E-state index in [0.717, 1.165) is 5.75 Å². The Labute approximate surface area is 85.5 Å². The molecule has 0 spiro atoms. The maximum absolute atomic E-state index is 12.5. The maximum atomic E-state index is 12.5. The van der Waals surface area contributed by atoms with Gasteiger partial charge in [0.1, 0.15) is 0 Å². The minimum absolute atomic E-state index is 0.276. The first-order valence-corrected chi connectivity index (χ1v) is 5.24. The van der Waals surface area contributed by atoms with E-state index in [9.17, 15) is 13.2 Å². The molecule has 0 bridgehead atoms. The van der Waals surface area contributed by atoms with Crippen LogP contribution in [0.3, 0.4) is 0 Å². The predicted octanol–water partition coefficient (Wildman–Crippen LogP) is 4.13. The molecule has 4 heteroatoms.